The summed E-state index contributed by atoms with van der Waals surface area (Å²) >= 11 is 11.6. The van der Waals surface area contributed by atoms with Crippen molar-refractivity contribution in [2.75, 3.05) is 23.3 Å². The minimum absolute atomic E-state index is 0.0889. The van der Waals surface area contributed by atoms with Crippen molar-refractivity contribution >= 4 is 34.6 Å². The van der Waals surface area contributed by atoms with Crippen molar-refractivity contribution in [3.05, 3.63) is 50.6 Å². The van der Waals surface area contributed by atoms with E-state index in [0.29, 0.717) is 12.2 Å². The van der Waals surface area contributed by atoms with Gasteiger partial charge in [0.15, 0.2) is 0 Å². The molecular formula is C14H13Cl2FN4O. The van der Waals surface area contributed by atoms with Gasteiger partial charge in [-0.25, -0.2) is 9.49 Å². The molecule has 1 atom stereocenters. The van der Waals surface area contributed by atoms with Crippen molar-refractivity contribution in [1.29, 1.82) is 0 Å². The van der Waals surface area contributed by atoms with E-state index in [1.807, 2.05) is 4.90 Å². The molecule has 0 bridgehead atoms. The number of hydrogen-bond donors (Lipinski definition) is 2. The second-order valence-electron chi connectivity index (χ2n) is 5.10. The van der Waals surface area contributed by atoms with E-state index >= 15 is 0 Å². The molecule has 0 saturated carbocycles. The molecule has 0 spiro atoms. The number of nitrogens with one attached hydrogen (secondary N) is 2. The van der Waals surface area contributed by atoms with E-state index in [2.05, 4.69) is 15.5 Å². The number of aromatic nitrogens is 2. The molecule has 1 aromatic heterocycles. The fourth-order valence-corrected chi connectivity index (χ4v) is 2.76. The van der Waals surface area contributed by atoms with Gasteiger partial charge in [0.2, 0.25) is 0 Å². The second-order valence-corrected chi connectivity index (χ2v) is 5.89. The van der Waals surface area contributed by atoms with Gasteiger partial charge in [-0.1, -0.05) is 23.2 Å². The molecule has 8 heteroatoms. The first-order valence-corrected chi connectivity index (χ1v) is 7.50. The molecule has 22 heavy (non-hydrogen) atoms. The summed E-state index contributed by atoms with van der Waals surface area (Å²) in [5.41, 5.74) is 0.849. The highest BCUT2D eigenvalue weighted by molar-refractivity contribution is 6.32. The smallest absolute Gasteiger partial charge is 0.285 e. The first-order valence-electron chi connectivity index (χ1n) is 6.74. The third-order valence-corrected chi connectivity index (χ3v) is 4.29. The molecule has 0 radical (unpaired) electrons. The SMILES string of the molecule is O=c1[nH]ncc(NC2CCN(c3ccc(Cl)c(F)c3)C2)c1Cl. The topological polar surface area (TPSA) is 61.0 Å². The molecule has 1 aliphatic heterocycles. The summed E-state index contributed by atoms with van der Waals surface area (Å²) in [5.74, 6) is -0.433. The first-order chi connectivity index (χ1) is 10.5. The van der Waals surface area contributed by atoms with Gasteiger partial charge in [-0.05, 0) is 24.6 Å². The van der Waals surface area contributed by atoms with Crippen LogP contribution in [0, 0.1) is 5.82 Å². The monoisotopic (exact) mass is 342 g/mol. The van der Waals surface area contributed by atoms with Crippen LogP contribution >= 0.6 is 23.2 Å². The van der Waals surface area contributed by atoms with Crippen molar-refractivity contribution in [1.82, 2.24) is 10.2 Å². The highest BCUT2D eigenvalue weighted by Gasteiger charge is 2.24. The number of benzene rings is 1. The second kappa shape index (κ2) is 6.14. The summed E-state index contributed by atoms with van der Waals surface area (Å²) in [7, 11) is 0. The molecule has 2 N–H and O–H groups in total. The van der Waals surface area contributed by atoms with Gasteiger partial charge in [-0.15, -0.1) is 0 Å². The Hall–Kier alpha value is -1.79. The number of nitrogens with zero attached hydrogens (tertiary/aromatic N) is 2. The fourth-order valence-electron chi connectivity index (χ4n) is 2.50. The van der Waals surface area contributed by atoms with Gasteiger partial charge in [-0.3, -0.25) is 4.79 Å². The molecular weight excluding hydrogens is 330 g/mol. The molecule has 2 heterocycles. The molecule has 1 aliphatic rings. The lowest BCUT2D eigenvalue weighted by molar-refractivity contribution is 0.627. The molecule has 5 nitrogen and oxygen atoms in total. The lowest BCUT2D eigenvalue weighted by atomic mass is 10.2. The van der Waals surface area contributed by atoms with E-state index < -0.39 is 11.4 Å². The zero-order valence-electron chi connectivity index (χ0n) is 11.4. The van der Waals surface area contributed by atoms with Crippen LogP contribution in [-0.2, 0) is 0 Å². The molecule has 116 valence electrons. The lowest BCUT2D eigenvalue weighted by Gasteiger charge is -2.20. The van der Waals surface area contributed by atoms with Crippen molar-refractivity contribution in [2.24, 2.45) is 0 Å². The van der Waals surface area contributed by atoms with Crippen molar-refractivity contribution < 1.29 is 4.39 Å². The molecule has 1 fully saturated rings. The Bertz CT molecular complexity index is 752. The summed E-state index contributed by atoms with van der Waals surface area (Å²) in [4.78, 5) is 13.5. The minimum atomic E-state index is -0.433. The average Bonchev–Trinajstić information content (AvgIpc) is 2.95. The fraction of sp³-hybridized carbons (Fsp3) is 0.286. The maximum Gasteiger partial charge on any atom is 0.285 e. The number of rotatable bonds is 3. The van der Waals surface area contributed by atoms with Gasteiger partial charge in [0.1, 0.15) is 10.8 Å². The van der Waals surface area contributed by atoms with E-state index in [0.717, 1.165) is 18.7 Å². The number of H-pyrrole nitrogens is 1. The van der Waals surface area contributed by atoms with Crippen molar-refractivity contribution in [2.45, 2.75) is 12.5 Å². The third kappa shape index (κ3) is 3.03. The van der Waals surface area contributed by atoms with Crippen LogP contribution in [0.1, 0.15) is 6.42 Å². The Morgan fingerprint density at radius 2 is 2.23 bits per heavy atom. The highest BCUT2D eigenvalue weighted by Crippen LogP contribution is 2.26. The van der Waals surface area contributed by atoms with Crippen LogP contribution in [0.15, 0.2) is 29.2 Å². The molecule has 1 unspecified atom stereocenters. The molecule has 1 aromatic carbocycles. The van der Waals surface area contributed by atoms with Gasteiger partial charge in [0.05, 0.1) is 16.9 Å². The Morgan fingerprint density at radius 1 is 1.41 bits per heavy atom. The number of hydrogen-bond acceptors (Lipinski definition) is 4. The first kappa shape index (κ1) is 15.1. The van der Waals surface area contributed by atoms with Crippen LogP contribution in [0.5, 0.6) is 0 Å². The molecule has 2 aromatic rings. The summed E-state index contributed by atoms with van der Waals surface area (Å²) in [5, 5.41) is 9.39. The molecule has 1 saturated heterocycles. The van der Waals surface area contributed by atoms with Gasteiger partial charge in [0.25, 0.3) is 5.56 Å². The van der Waals surface area contributed by atoms with Crippen LogP contribution in [0.3, 0.4) is 0 Å². The Balaban J connectivity index is 1.71. The lowest BCUT2D eigenvalue weighted by Crippen LogP contribution is -2.27. The van der Waals surface area contributed by atoms with E-state index in [1.54, 1.807) is 12.1 Å². The summed E-state index contributed by atoms with van der Waals surface area (Å²) in [6, 6.07) is 4.85. The summed E-state index contributed by atoms with van der Waals surface area (Å²) in [6.45, 7) is 1.44. The Kier molecular flexibility index (Phi) is 4.22. The van der Waals surface area contributed by atoms with Crippen molar-refractivity contribution in [3.8, 4) is 0 Å². The number of aromatic amines is 1. The van der Waals surface area contributed by atoms with Crippen LogP contribution in [0.4, 0.5) is 15.8 Å². The van der Waals surface area contributed by atoms with E-state index in [1.165, 1.54) is 12.3 Å². The zero-order chi connectivity index (χ0) is 15.7. The third-order valence-electron chi connectivity index (χ3n) is 3.61. The molecule has 0 aliphatic carbocycles. The van der Waals surface area contributed by atoms with E-state index in [9.17, 15) is 9.18 Å². The summed E-state index contributed by atoms with van der Waals surface area (Å²) in [6.07, 6.45) is 2.32. The van der Waals surface area contributed by atoms with Gasteiger partial charge in [0, 0.05) is 24.8 Å². The van der Waals surface area contributed by atoms with Gasteiger partial charge in [-0.2, -0.15) is 5.10 Å². The maximum atomic E-state index is 13.5. The highest BCUT2D eigenvalue weighted by atomic mass is 35.5. The number of halogens is 3. The number of anilines is 2. The quantitative estimate of drug-likeness (QED) is 0.900. The molecule has 3 rings (SSSR count). The Morgan fingerprint density at radius 3 is 3.00 bits per heavy atom. The van der Waals surface area contributed by atoms with Crippen LogP contribution in [-0.4, -0.2) is 29.3 Å². The average molecular weight is 343 g/mol. The van der Waals surface area contributed by atoms with Crippen LogP contribution in [0.2, 0.25) is 10.0 Å². The largest absolute Gasteiger partial charge is 0.378 e. The zero-order valence-corrected chi connectivity index (χ0v) is 13.0. The Labute approximate surface area is 136 Å². The van der Waals surface area contributed by atoms with E-state index in [4.69, 9.17) is 23.2 Å². The van der Waals surface area contributed by atoms with E-state index in [-0.39, 0.29) is 16.1 Å². The summed E-state index contributed by atoms with van der Waals surface area (Å²) < 4.78 is 13.5. The van der Waals surface area contributed by atoms with Gasteiger partial charge < -0.3 is 10.2 Å². The standard InChI is InChI=1S/C14H13Cl2FN4O/c15-10-2-1-9(5-11(10)17)21-4-3-8(7-21)19-12-6-18-20-14(22)13(12)16/h1-2,5-6,8H,3-4,7H2,(H2,19,20,22). The van der Waals surface area contributed by atoms with Crippen LogP contribution in [0.25, 0.3) is 0 Å². The predicted octanol–water partition coefficient (Wildman–Crippen LogP) is 2.91. The normalized spacial score (nSPS) is 17.8. The minimum Gasteiger partial charge on any atom is -0.378 e. The van der Waals surface area contributed by atoms with Gasteiger partial charge >= 0.3 is 0 Å². The predicted molar refractivity (Wildman–Crippen MR) is 85.5 cm³/mol. The molecule has 0 amide bonds. The maximum absolute atomic E-state index is 13.5. The van der Waals surface area contributed by atoms with Crippen LogP contribution < -0.4 is 15.8 Å². The van der Waals surface area contributed by atoms with Crippen molar-refractivity contribution in [3.63, 3.8) is 0 Å².